The predicted octanol–water partition coefficient (Wildman–Crippen LogP) is -1.12. The van der Waals surface area contributed by atoms with E-state index in [1.807, 2.05) is 0 Å². The van der Waals surface area contributed by atoms with E-state index < -0.39 is 53.1 Å². The number of amides is 1. The maximum atomic E-state index is 12.3. The highest BCUT2D eigenvalue weighted by molar-refractivity contribution is 7.85. The number of aliphatic hydroxyl groups excluding tert-OH is 2. The number of carbonyl (C=O) groups excluding carboxylic acids is 1. The number of benzene rings is 1. The summed E-state index contributed by atoms with van der Waals surface area (Å²) in [5.74, 6) is -1.07. The van der Waals surface area contributed by atoms with Crippen LogP contribution in [0.1, 0.15) is 41.0 Å². The summed E-state index contributed by atoms with van der Waals surface area (Å²) in [4.78, 5) is 25.1. The van der Waals surface area contributed by atoms with Gasteiger partial charge in [0.2, 0.25) is 0 Å². The lowest BCUT2D eigenvalue weighted by Crippen LogP contribution is -2.37. The minimum atomic E-state index is -4.68. The number of para-hydroxylation sites is 1. The number of nitrogens with two attached hydrogens (primary N) is 1. The smallest absolute Gasteiger partial charge is 0.362 e. The first-order valence-corrected chi connectivity index (χ1v) is 13.5. The second kappa shape index (κ2) is 9.75. The van der Waals surface area contributed by atoms with Crippen molar-refractivity contribution in [1.82, 2.24) is 39.2 Å². The van der Waals surface area contributed by atoms with Gasteiger partial charge in [0.25, 0.3) is 11.9 Å². The molecule has 3 aromatic heterocycles. The summed E-state index contributed by atoms with van der Waals surface area (Å²) in [6, 6.07) is 5.33. The van der Waals surface area contributed by atoms with E-state index in [0.717, 1.165) is 18.5 Å². The van der Waals surface area contributed by atoms with Crippen molar-refractivity contribution in [3.8, 4) is 11.7 Å². The van der Waals surface area contributed by atoms with E-state index in [0.29, 0.717) is 5.92 Å². The van der Waals surface area contributed by atoms with Crippen LogP contribution in [0.25, 0.3) is 17.1 Å². The van der Waals surface area contributed by atoms with Gasteiger partial charge in [-0.05, 0) is 25.0 Å². The molecule has 6 rings (SSSR count). The Labute approximate surface area is 225 Å². The normalized spacial score (nSPS) is 23.1. The third-order valence-electron chi connectivity index (χ3n) is 6.51. The van der Waals surface area contributed by atoms with E-state index in [4.69, 9.17) is 14.7 Å². The van der Waals surface area contributed by atoms with Crippen molar-refractivity contribution in [1.29, 1.82) is 0 Å². The lowest BCUT2D eigenvalue weighted by atomic mass is 10.1. The number of nitrogens with one attached hydrogen (secondary N) is 1. The van der Waals surface area contributed by atoms with Crippen molar-refractivity contribution in [3.63, 3.8) is 0 Å². The second-order valence-electron chi connectivity index (χ2n) is 9.33. The zero-order valence-corrected chi connectivity index (χ0v) is 21.3. The highest BCUT2D eigenvalue weighted by Gasteiger charge is 2.45. The number of nitrogen functional groups attached to an aromatic ring is 1. The Kier molecular flexibility index (Phi) is 6.34. The van der Waals surface area contributed by atoms with Gasteiger partial charge < -0.3 is 25.8 Å². The average Bonchev–Trinajstić information content (AvgIpc) is 3.37. The van der Waals surface area contributed by atoms with Gasteiger partial charge in [-0.15, -0.1) is 5.10 Å². The van der Waals surface area contributed by atoms with E-state index in [1.165, 1.54) is 39.8 Å². The quantitative estimate of drug-likeness (QED) is 0.168. The molecular formula is C22H23N9O8S. The zero-order valence-electron chi connectivity index (χ0n) is 20.5. The van der Waals surface area contributed by atoms with Gasteiger partial charge in [0.1, 0.15) is 29.6 Å². The van der Waals surface area contributed by atoms with Gasteiger partial charge in [-0.3, -0.25) is 13.5 Å². The van der Waals surface area contributed by atoms with Crippen LogP contribution in [-0.2, 0) is 19.2 Å². The number of aromatic hydroxyl groups is 1. The number of anilines is 1. The van der Waals surface area contributed by atoms with E-state index in [2.05, 4.69) is 25.3 Å². The first kappa shape index (κ1) is 26.0. The van der Waals surface area contributed by atoms with Gasteiger partial charge in [0.05, 0.1) is 30.4 Å². The van der Waals surface area contributed by atoms with Crippen LogP contribution in [-0.4, -0.2) is 89.1 Å². The molecule has 1 aliphatic heterocycles. The molecule has 6 N–H and O–H groups in total. The fourth-order valence-electron chi connectivity index (χ4n) is 4.27. The third kappa shape index (κ3) is 4.82. The summed E-state index contributed by atoms with van der Waals surface area (Å²) in [6.45, 7) is -0.754. The molecule has 1 amide bonds. The van der Waals surface area contributed by atoms with E-state index in [-0.39, 0.29) is 28.5 Å². The Morgan fingerprint density at radius 2 is 1.98 bits per heavy atom. The van der Waals surface area contributed by atoms with Crippen LogP contribution in [0.4, 0.5) is 5.82 Å². The molecule has 4 atom stereocenters. The summed E-state index contributed by atoms with van der Waals surface area (Å²) in [7, 11) is -4.68. The molecule has 2 fully saturated rings. The Hall–Kier alpha value is -4.23. The van der Waals surface area contributed by atoms with Crippen LogP contribution in [0.15, 0.2) is 36.8 Å². The number of hydrogen-bond acceptors (Lipinski definition) is 14. The number of carbonyl (C=O) groups is 1. The number of rotatable bonds is 8. The number of aliphatic hydroxyl groups is 2. The number of nitrogens with zero attached hydrogens (tertiary/aromatic N) is 7. The SMILES string of the molecule is Nc1nc(-n2cc(C3CC3)nn2)nc2c1ncn2[C@H]1O[C@@H](COS(=O)(=O)NC(=O)c2ccccc2O)[C@H](O)[C@@H]1O. The summed E-state index contributed by atoms with van der Waals surface area (Å²) in [6.07, 6.45) is -0.668. The number of phenols is 1. The van der Waals surface area contributed by atoms with Crippen LogP contribution in [0.5, 0.6) is 5.75 Å². The van der Waals surface area contributed by atoms with E-state index >= 15 is 0 Å². The number of fused-ring (bicyclic) bond motifs is 1. The molecule has 18 heteroatoms. The van der Waals surface area contributed by atoms with Crippen LogP contribution in [0.2, 0.25) is 0 Å². The molecule has 4 heterocycles. The fourth-order valence-corrected chi connectivity index (χ4v) is 4.98. The van der Waals surface area contributed by atoms with Crippen LogP contribution >= 0.6 is 0 Å². The molecule has 4 aromatic rings. The molecule has 1 saturated heterocycles. The fraction of sp³-hybridized carbons (Fsp3) is 0.364. The lowest BCUT2D eigenvalue weighted by Gasteiger charge is -2.16. The van der Waals surface area contributed by atoms with Crippen molar-refractivity contribution in [2.24, 2.45) is 0 Å². The maximum absolute atomic E-state index is 12.3. The molecular weight excluding hydrogens is 550 g/mol. The van der Waals surface area contributed by atoms with Crippen molar-refractivity contribution in [3.05, 3.63) is 48.0 Å². The van der Waals surface area contributed by atoms with Gasteiger partial charge in [-0.25, -0.2) is 9.71 Å². The highest BCUT2D eigenvalue weighted by Crippen LogP contribution is 2.39. The topological polar surface area (TPSA) is 243 Å². The van der Waals surface area contributed by atoms with Gasteiger partial charge in [-0.1, -0.05) is 17.3 Å². The molecule has 210 valence electrons. The van der Waals surface area contributed by atoms with Crippen molar-refractivity contribution >= 4 is 33.2 Å². The Bertz CT molecular complexity index is 1700. The van der Waals surface area contributed by atoms with Crippen LogP contribution in [0, 0.1) is 0 Å². The molecule has 1 saturated carbocycles. The number of phenolic OH excluding ortho intramolecular Hbond substituents is 1. The van der Waals surface area contributed by atoms with Gasteiger partial charge in [0, 0.05) is 5.92 Å². The molecule has 17 nitrogen and oxygen atoms in total. The molecule has 2 aliphatic rings. The Morgan fingerprint density at radius 1 is 1.20 bits per heavy atom. The van der Waals surface area contributed by atoms with Gasteiger partial charge in [0.15, 0.2) is 17.7 Å². The van der Waals surface area contributed by atoms with Crippen molar-refractivity contribution < 1.29 is 37.5 Å². The van der Waals surface area contributed by atoms with Crippen LogP contribution < -0.4 is 10.5 Å². The molecule has 0 radical (unpaired) electrons. The Morgan fingerprint density at radius 3 is 2.73 bits per heavy atom. The summed E-state index contributed by atoms with van der Waals surface area (Å²) >= 11 is 0. The van der Waals surface area contributed by atoms with Gasteiger partial charge in [-0.2, -0.15) is 23.1 Å². The molecule has 0 spiro atoms. The third-order valence-corrected chi connectivity index (χ3v) is 7.40. The van der Waals surface area contributed by atoms with E-state index in [1.54, 1.807) is 10.9 Å². The standard InChI is InChI=1S/C22H23N9O8S/c23-18-15-19(26-22(25-18)31-7-12(27-29-31)10-5-6-10)30(9-24-15)21-17(34)16(33)14(39-21)8-38-40(36,37)28-20(35)11-3-1-2-4-13(11)32/h1-4,7,9-10,14,16-17,21,32-34H,5-6,8H2,(H,28,35)(H2,23,25,26)/t14-,16-,17-,21-/m0/s1. The minimum absolute atomic E-state index is 0.0291. The molecule has 40 heavy (non-hydrogen) atoms. The minimum Gasteiger partial charge on any atom is -0.507 e. The first-order chi connectivity index (χ1) is 19.1. The zero-order chi connectivity index (χ0) is 28.2. The monoisotopic (exact) mass is 573 g/mol. The summed E-state index contributed by atoms with van der Waals surface area (Å²) in [5.41, 5.74) is 6.96. The number of hydrogen-bond donors (Lipinski definition) is 5. The second-order valence-corrected chi connectivity index (χ2v) is 10.7. The highest BCUT2D eigenvalue weighted by atomic mass is 32.2. The predicted molar refractivity (Wildman–Crippen MR) is 133 cm³/mol. The van der Waals surface area contributed by atoms with E-state index in [9.17, 15) is 28.5 Å². The molecule has 0 bridgehead atoms. The van der Waals surface area contributed by atoms with Gasteiger partial charge >= 0.3 is 10.3 Å². The Balaban J connectivity index is 1.18. The summed E-state index contributed by atoms with van der Waals surface area (Å²) < 4.78 is 39.5. The maximum Gasteiger partial charge on any atom is 0.362 e. The number of ether oxygens (including phenoxy) is 1. The molecule has 1 aromatic carbocycles. The largest absolute Gasteiger partial charge is 0.507 e. The number of aromatic nitrogens is 7. The van der Waals surface area contributed by atoms with Crippen molar-refractivity contribution in [2.45, 2.75) is 43.3 Å². The van der Waals surface area contributed by atoms with Crippen LogP contribution in [0.3, 0.4) is 0 Å². The molecule has 0 unspecified atom stereocenters. The summed E-state index contributed by atoms with van der Waals surface area (Å²) in [5, 5.41) is 39.2. The lowest BCUT2D eigenvalue weighted by molar-refractivity contribution is -0.0468. The number of imidazole rings is 1. The first-order valence-electron chi connectivity index (χ1n) is 12.0. The molecule has 1 aliphatic carbocycles. The average molecular weight is 574 g/mol. The van der Waals surface area contributed by atoms with Crippen molar-refractivity contribution in [2.75, 3.05) is 12.3 Å².